The Morgan fingerprint density at radius 3 is 1.42 bits per heavy atom. The molecule has 0 aromatic carbocycles. The van der Waals surface area contributed by atoms with Crippen LogP contribution in [-0.4, -0.2) is 165 Å². The first-order chi connectivity index (χ1) is 68.5. The fourth-order valence-electron chi connectivity index (χ4n) is 21.2. The molecular weight excluding hydrogens is 1960 g/mol. The number of fused-ring (bicyclic) bond motifs is 11. The highest BCUT2D eigenvalue weighted by molar-refractivity contribution is 7.25. The van der Waals surface area contributed by atoms with Crippen LogP contribution in [0.1, 0.15) is 234 Å². The number of thiophene rings is 5. The third-order valence-electron chi connectivity index (χ3n) is 28.3. The van der Waals surface area contributed by atoms with E-state index in [1.807, 2.05) is 54.2 Å². The van der Waals surface area contributed by atoms with Crippen LogP contribution in [0.2, 0.25) is 0 Å². The van der Waals surface area contributed by atoms with Gasteiger partial charge in [0.1, 0.15) is 90.3 Å². The smallest absolute Gasteiger partial charge is 0.224 e. The molecule has 7 aliphatic rings. The average Bonchev–Trinajstić information content (AvgIpc) is 1.61. The topological polar surface area (TPSA) is 327 Å². The van der Waals surface area contributed by atoms with Crippen LogP contribution < -0.4 is 37.2 Å². The quantitative estimate of drug-likeness (QED) is 0.0169. The molecule has 0 bridgehead atoms. The number of unbranched alkanes of at least 4 members (excludes halogenated alkanes) is 2. The predicted molar refractivity (Wildman–Crippen MR) is 585 cm³/mol. The zero-order valence-electron chi connectivity index (χ0n) is 82.3. The van der Waals surface area contributed by atoms with E-state index in [0.29, 0.717) is 79.8 Å². The second kappa shape index (κ2) is 47.1. The molecule has 141 heavy (non-hydrogen) atoms. The van der Waals surface area contributed by atoms with Crippen LogP contribution in [0.3, 0.4) is 0 Å². The van der Waals surface area contributed by atoms with E-state index < -0.39 is 0 Å². The number of carbonyl (C=O) groups excluding carboxylic acids is 5. The summed E-state index contributed by atoms with van der Waals surface area (Å²) in [5.74, 6) is 4.03. The number of nitrogens with zero attached hydrogens (tertiary/aromatic N) is 13. The molecule has 2 fully saturated rings. The van der Waals surface area contributed by atoms with Crippen molar-refractivity contribution in [2.45, 2.75) is 254 Å². The number of pyridine rings is 4. The molecule has 15 aromatic rings. The van der Waals surface area contributed by atoms with Crippen LogP contribution in [0.4, 0.5) is 15.0 Å². The summed E-state index contributed by atoms with van der Waals surface area (Å²) in [7, 11) is 1.72. The lowest BCUT2D eigenvalue weighted by atomic mass is 9.93. The van der Waals surface area contributed by atoms with Gasteiger partial charge in [-0.25, -0.2) is 34.9 Å². The Morgan fingerprint density at radius 2 is 0.929 bits per heavy atom. The lowest BCUT2D eigenvalue weighted by Gasteiger charge is -2.38. The largest absolute Gasteiger partial charge is 0.385 e. The molecule has 2 unspecified atom stereocenters. The fraction of sp³-hybridized carbons (Fsp3) is 0.486. The third kappa shape index (κ3) is 23.6. The number of likely N-dealkylation sites (N-methyl/N-ethyl adjacent to an activating group) is 2. The number of amides is 3. The predicted octanol–water partition coefficient (Wildman–Crippen LogP) is 23.4. The van der Waals surface area contributed by atoms with Crippen molar-refractivity contribution in [3.8, 4) is 52.9 Å². The summed E-state index contributed by atoms with van der Waals surface area (Å²) in [5.41, 5.74) is 17.1. The number of rotatable bonds is 29. The standard InChI is InChI=1S/C26H32N4OS2.C21H26N4OS2.C20H24N4O2S2.2C19H22N4OS2/c1-15-7-20-24(14-29-15)32-23(25(20)26-30-21-13-27-6-5-22(21)33-26)10-19(31)4-2-3-16-8-17-11-28-12-18(17)9-16;1-3-13(2)5-4-6-18(26)25-21-19(14-7-9-23-12-17(14)28-21)20-24-15-11-22-10-8-16(15)27-20;1-26-8-4-2-3-5-13(25)9-16-18(14-6-7-21-11-17(14)27-16)20-24-15-10-22-12-23-19(15)28-20;2*1-5-23-10(2)8-13-16(18(21-12(4)24)26-17(13)11(23)3)19-22-14-9-20-7-6-15(14)25-19/h5-6,13,15-18,28-29H,2-4,7-12,14H2,1H3;8,10-11,13,23H,3-7,9,12H2,1-2H3,(H,25,26);10,12,21H,2-9,11H2,1H3;2*6-7,9-11H,5,8H2,1-4H3,(H,21,24)/t15-,16?,17-,18+;;;2*10-,11+/m1..10/s1/i;25+1;;;. The molecule has 15 aromatic heterocycles. The van der Waals surface area contributed by atoms with Crippen LogP contribution in [0.15, 0.2) is 86.4 Å². The SMILES string of the molecule is CCC(C)CCCC(=O)[15NH]c1sc2c(c1-c1nc3cnccc3s1)CCNC2.CCN1[C@H](C)Cc2c(sc(NC(C)=O)c2-c2nc3cnccc3s2)[C@@H]1C.CCN1[C@H](C)c2sc(NC(C)=O)c(-c3nc4cnccc4s3)c2C[C@@H]1C.COCCCCCC(=O)Cc1sc2c(c1-c1nc3cncnc3s1)CCNC2.C[C@@H]1Cc2c(sc(CC(=O)CCCC3C[C@H]4CNC[C@H]4C3)c2-c2nc3cnccc3s2)CN1. The molecule has 36 heteroatoms. The van der Waals surface area contributed by atoms with Crippen molar-refractivity contribution < 1.29 is 28.7 Å². The summed E-state index contributed by atoms with van der Waals surface area (Å²) in [6.07, 6.45) is 36.9. The van der Waals surface area contributed by atoms with Crippen molar-refractivity contribution in [2.24, 2.45) is 23.7 Å². The number of nitrogens with one attached hydrogen (secondary N) is 7. The second-order valence-electron chi connectivity index (χ2n) is 38.2. The molecule has 9 atom stereocenters. The Balaban J connectivity index is 0.000000117. The van der Waals surface area contributed by atoms with Gasteiger partial charge in [0.2, 0.25) is 17.7 Å². The number of hydrogen-bond acceptors (Lipinski definition) is 33. The Morgan fingerprint density at radius 1 is 0.475 bits per heavy atom. The zero-order valence-corrected chi connectivity index (χ0v) is 90.5. The fourth-order valence-corrected chi connectivity index (χ4v) is 33.1. The highest BCUT2D eigenvalue weighted by atomic mass is 32.1. The maximum absolute atomic E-state index is 13.1. The molecule has 1 aliphatic carbocycles. The number of carbonyl (C=O) groups is 5. The number of Topliss-reactive ketones (excluding diaryl/α,β-unsaturated/α-hetero) is 2. The molecule has 0 spiro atoms. The molecule has 22 rings (SSSR count). The van der Waals surface area contributed by atoms with Crippen molar-refractivity contribution in [1.82, 2.24) is 85.9 Å². The molecule has 6 aliphatic heterocycles. The summed E-state index contributed by atoms with van der Waals surface area (Å²) >= 11 is 17.0. The molecule has 7 N–H and O–H groups in total. The summed E-state index contributed by atoms with van der Waals surface area (Å²) in [6.45, 7) is 33.1. The molecule has 0 radical (unpaired) electrons. The summed E-state index contributed by atoms with van der Waals surface area (Å²) in [5, 5.41) is 31.1. The molecule has 26 nitrogen and oxygen atoms in total. The first-order valence-corrected chi connectivity index (χ1v) is 58.1. The van der Waals surface area contributed by atoms with E-state index in [-0.39, 0.29) is 17.7 Å². The van der Waals surface area contributed by atoms with E-state index in [9.17, 15) is 24.0 Å². The number of ketones is 2. The van der Waals surface area contributed by atoms with Gasteiger partial charge in [0.05, 0.1) is 49.8 Å². The van der Waals surface area contributed by atoms with Crippen molar-refractivity contribution in [1.29, 1.82) is 0 Å². The monoisotopic (exact) mass is 2080 g/mol. The third-order valence-corrected chi connectivity index (χ3v) is 39.7. The number of aromatic nitrogens is 11. The molecule has 742 valence electrons. The minimum absolute atomic E-state index is 0.0410. The van der Waals surface area contributed by atoms with Gasteiger partial charge in [0, 0.05) is 196 Å². The minimum atomic E-state index is -0.0410. The van der Waals surface area contributed by atoms with E-state index in [4.69, 9.17) is 29.7 Å². The van der Waals surface area contributed by atoms with E-state index in [0.717, 1.165) is 254 Å². The van der Waals surface area contributed by atoms with E-state index in [2.05, 4.69) is 139 Å². The highest BCUT2D eigenvalue weighted by Gasteiger charge is 2.40. The lowest BCUT2D eigenvalue weighted by molar-refractivity contribution is -0.119. The van der Waals surface area contributed by atoms with Gasteiger partial charge in [0.25, 0.3) is 0 Å². The normalized spacial score (nSPS) is 19.4. The maximum atomic E-state index is 13.1. The van der Waals surface area contributed by atoms with Gasteiger partial charge in [-0.2, -0.15) is 0 Å². The Bertz CT molecular complexity index is 6620. The van der Waals surface area contributed by atoms with Crippen molar-refractivity contribution in [3.63, 3.8) is 0 Å². The van der Waals surface area contributed by atoms with Crippen molar-refractivity contribution >= 4 is 209 Å². The van der Waals surface area contributed by atoms with Crippen LogP contribution in [0, 0.1) is 23.7 Å². The first kappa shape index (κ1) is 102. The van der Waals surface area contributed by atoms with Gasteiger partial charge in [-0.1, -0.05) is 64.7 Å². The van der Waals surface area contributed by atoms with E-state index >= 15 is 0 Å². The number of methoxy groups -OCH3 is 1. The highest BCUT2D eigenvalue weighted by Crippen LogP contribution is 2.54. The zero-order chi connectivity index (χ0) is 98.1. The van der Waals surface area contributed by atoms with Crippen molar-refractivity contribution in [2.75, 3.05) is 68.9 Å². The Kier molecular flexibility index (Phi) is 34.1. The molecule has 3 amide bonds. The second-order valence-corrected chi connectivity index (χ2v) is 48.9. The lowest BCUT2D eigenvalue weighted by Crippen LogP contribution is -2.40. The minimum Gasteiger partial charge on any atom is -0.385 e. The van der Waals surface area contributed by atoms with Crippen LogP contribution in [0.5, 0.6) is 0 Å². The summed E-state index contributed by atoms with van der Waals surface area (Å²) in [4.78, 5) is 126. The van der Waals surface area contributed by atoms with Crippen LogP contribution in [-0.2, 0) is 93.3 Å². The molecule has 1 saturated heterocycles. The number of thiazole rings is 5. The number of hydrogen-bond donors (Lipinski definition) is 7. The molecule has 1 saturated carbocycles. The van der Waals surface area contributed by atoms with Crippen LogP contribution in [0.25, 0.3) is 104 Å². The van der Waals surface area contributed by atoms with Gasteiger partial charge in [-0.15, -0.1) is 102 Å². The molecule has 21 heterocycles. The van der Waals surface area contributed by atoms with E-state index in [1.54, 1.807) is 166 Å². The average molecular weight is 2090 g/mol. The molecular formula is C105H126N20O6S10. The summed E-state index contributed by atoms with van der Waals surface area (Å²) < 4.78 is 9.61. The summed E-state index contributed by atoms with van der Waals surface area (Å²) in [6, 6.07) is 10.1. The maximum Gasteiger partial charge on any atom is 0.224 e. The van der Waals surface area contributed by atoms with Crippen LogP contribution >= 0.6 is 113 Å². The number of ether oxygens (including phenoxy) is 1. The van der Waals surface area contributed by atoms with Gasteiger partial charge in [-0.3, -0.25) is 53.7 Å². The van der Waals surface area contributed by atoms with Gasteiger partial charge < -0.3 is 42.0 Å². The van der Waals surface area contributed by atoms with Gasteiger partial charge in [0.15, 0.2) is 0 Å². The van der Waals surface area contributed by atoms with Crippen molar-refractivity contribution in [3.05, 3.63) is 148 Å². The number of anilines is 3. The first-order valence-electron chi connectivity index (χ1n) is 49.9. The Hall–Kier alpha value is -8.90. The van der Waals surface area contributed by atoms with E-state index in [1.165, 1.54) is 107 Å². The van der Waals surface area contributed by atoms with Gasteiger partial charge >= 0.3 is 0 Å². The Labute approximate surface area is 864 Å². The van der Waals surface area contributed by atoms with Gasteiger partial charge in [-0.05, 0) is 220 Å².